The highest BCUT2D eigenvalue weighted by Crippen LogP contribution is 2.13. The van der Waals surface area contributed by atoms with Crippen LogP contribution in [0.1, 0.15) is 15.9 Å². The summed E-state index contributed by atoms with van der Waals surface area (Å²) in [5.41, 5.74) is 1.05. The summed E-state index contributed by atoms with van der Waals surface area (Å²) in [4.78, 5) is 15.5. The molecule has 0 fully saturated rings. The van der Waals surface area contributed by atoms with Crippen molar-refractivity contribution in [1.29, 1.82) is 0 Å². The molecule has 3 nitrogen and oxygen atoms in total. The Balaban J connectivity index is 2.17. The number of benzene rings is 2. The van der Waals surface area contributed by atoms with Crippen LogP contribution in [0.2, 0.25) is 0 Å². The zero-order valence-electron chi connectivity index (χ0n) is 9.08. The molecule has 3 heteroatoms. The minimum atomic E-state index is -0.325. The van der Waals surface area contributed by atoms with E-state index in [1.165, 1.54) is 6.21 Å². The number of carbonyl (C=O) groups is 1. The van der Waals surface area contributed by atoms with Gasteiger partial charge in [0.2, 0.25) is 0 Å². The number of carbonyl (C=O) groups excluding carboxylic acids is 1. The highest BCUT2D eigenvalue weighted by atomic mass is 16.3. The molecule has 0 aliphatic carbocycles. The van der Waals surface area contributed by atoms with Gasteiger partial charge in [-0.15, -0.1) is 0 Å². The van der Waals surface area contributed by atoms with Gasteiger partial charge in [0, 0.05) is 17.3 Å². The van der Waals surface area contributed by atoms with E-state index in [0.717, 1.165) is 0 Å². The molecule has 1 amide bonds. The molecule has 0 atom stereocenters. The third-order valence-electron chi connectivity index (χ3n) is 2.28. The van der Waals surface area contributed by atoms with Crippen molar-refractivity contribution in [3.63, 3.8) is 0 Å². The second kappa shape index (κ2) is 5.07. The second-order valence-electron chi connectivity index (χ2n) is 3.49. The maximum absolute atomic E-state index is 11.6. The van der Waals surface area contributed by atoms with Crippen molar-refractivity contribution in [3.05, 3.63) is 65.7 Å². The van der Waals surface area contributed by atoms with E-state index in [-0.39, 0.29) is 11.7 Å². The van der Waals surface area contributed by atoms with E-state index in [0.29, 0.717) is 11.1 Å². The summed E-state index contributed by atoms with van der Waals surface area (Å²) in [5.74, 6) is -0.217. The average Bonchev–Trinajstić information content (AvgIpc) is 2.38. The van der Waals surface area contributed by atoms with E-state index in [2.05, 4.69) is 4.99 Å². The van der Waals surface area contributed by atoms with Crippen molar-refractivity contribution in [2.45, 2.75) is 0 Å². The number of phenolic OH excluding ortho intramolecular Hbond substituents is 1. The molecule has 0 saturated heterocycles. The molecule has 0 unspecified atom stereocenters. The van der Waals surface area contributed by atoms with Crippen molar-refractivity contribution >= 4 is 12.1 Å². The number of aliphatic imine (C=N–C) groups is 1. The first-order valence-corrected chi connectivity index (χ1v) is 5.19. The number of hydrogen-bond acceptors (Lipinski definition) is 2. The van der Waals surface area contributed by atoms with Crippen LogP contribution in [0.3, 0.4) is 0 Å². The SMILES string of the molecule is O=C(N=Cc1ccccc1O)c1ccccc1. The summed E-state index contributed by atoms with van der Waals surface area (Å²) in [6.07, 6.45) is 1.37. The van der Waals surface area contributed by atoms with E-state index in [1.54, 1.807) is 48.5 Å². The lowest BCUT2D eigenvalue weighted by molar-refractivity contribution is 0.100. The number of hydrogen-bond donors (Lipinski definition) is 1. The molecule has 0 heterocycles. The van der Waals surface area contributed by atoms with Gasteiger partial charge in [-0.1, -0.05) is 30.3 Å². The van der Waals surface area contributed by atoms with Gasteiger partial charge in [-0.3, -0.25) is 4.79 Å². The molecular formula is C14H11NO2. The van der Waals surface area contributed by atoms with Crippen molar-refractivity contribution in [2.75, 3.05) is 0 Å². The molecule has 17 heavy (non-hydrogen) atoms. The molecule has 2 aromatic rings. The molecule has 2 rings (SSSR count). The monoisotopic (exact) mass is 225 g/mol. The minimum absolute atomic E-state index is 0.108. The maximum atomic E-state index is 11.6. The second-order valence-corrected chi connectivity index (χ2v) is 3.49. The van der Waals surface area contributed by atoms with Crippen LogP contribution in [0.25, 0.3) is 0 Å². The first kappa shape index (κ1) is 11.1. The fourth-order valence-electron chi connectivity index (χ4n) is 1.38. The summed E-state index contributed by atoms with van der Waals surface area (Å²) in [6, 6.07) is 15.5. The Labute approximate surface area is 99.1 Å². The van der Waals surface area contributed by atoms with Crippen LogP contribution in [-0.2, 0) is 0 Å². The Kier molecular flexibility index (Phi) is 3.31. The van der Waals surface area contributed by atoms with Crippen LogP contribution in [0.4, 0.5) is 0 Å². The van der Waals surface area contributed by atoms with Gasteiger partial charge in [-0.25, -0.2) is 4.99 Å². The standard InChI is InChI=1S/C14H11NO2/c16-13-9-5-4-8-12(13)10-15-14(17)11-6-2-1-3-7-11/h1-10,16H. The molecule has 84 valence electrons. The van der Waals surface area contributed by atoms with Crippen molar-refractivity contribution in [2.24, 2.45) is 4.99 Å². The first-order valence-electron chi connectivity index (χ1n) is 5.19. The Bertz CT molecular complexity index is 547. The van der Waals surface area contributed by atoms with Gasteiger partial charge < -0.3 is 5.11 Å². The molecule has 0 radical (unpaired) electrons. The van der Waals surface area contributed by atoms with Crippen molar-refractivity contribution < 1.29 is 9.90 Å². The van der Waals surface area contributed by atoms with Gasteiger partial charge in [0.05, 0.1) is 0 Å². The molecular weight excluding hydrogens is 214 g/mol. The van der Waals surface area contributed by atoms with Gasteiger partial charge in [0.1, 0.15) is 5.75 Å². The normalized spacial score (nSPS) is 10.6. The molecule has 0 saturated carbocycles. The number of para-hydroxylation sites is 1. The summed E-state index contributed by atoms with van der Waals surface area (Å²) in [5, 5.41) is 9.49. The number of phenols is 1. The lowest BCUT2D eigenvalue weighted by atomic mass is 10.2. The van der Waals surface area contributed by atoms with E-state index in [1.807, 2.05) is 6.07 Å². The lowest BCUT2D eigenvalue weighted by Gasteiger charge is -1.97. The van der Waals surface area contributed by atoms with Crippen LogP contribution in [0, 0.1) is 0 Å². The van der Waals surface area contributed by atoms with E-state index < -0.39 is 0 Å². The molecule has 0 aliphatic heterocycles. The molecule has 0 aromatic heterocycles. The third-order valence-corrected chi connectivity index (χ3v) is 2.28. The van der Waals surface area contributed by atoms with Gasteiger partial charge in [0.15, 0.2) is 0 Å². The summed E-state index contributed by atoms with van der Waals surface area (Å²) < 4.78 is 0. The van der Waals surface area contributed by atoms with Gasteiger partial charge >= 0.3 is 0 Å². The largest absolute Gasteiger partial charge is 0.507 e. The zero-order chi connectivity index (χ0) is 12.1. The van der Waals surface area contributed by atoms with E-state index in [4.69, 9.17) is 0 Å². The average molecular weight is 225 g/mol. The van der Waals surface area contributed by atoms with Gasteiger partial charge in [-0.2, -0.15) is 0 Å². The maximum Gasteiger partial charge on any atom is 0.276 e. The van der Waals surface area contributed by atoms with Crippen molar-refractivity contribution in [3.8, 4) is 5.75 Å². The number of nitrogens with zero attached hydrogens (tertiary/aromatic N) is 1. The Hall–Kier alpha value is -2.42. The third kappa shape index (κ3) is 2.78. The summed E-state index contributed by atoms with van der Waals surface area (Å²) in [6.45, 7) is 0. The number of aromatic hydroxyl groups is 1. The molecule has 2 aromatic carbocycles. The van der Waals surface area contributed by atoms with Crippen LogP contribution in [-0.4, -0.2) is 17.2 Å². The fraction of sp³-hybridized carbons (Fsp3) is 0. The van der Waals surface area contributed by atoms with Gasteiger partial charge in [-0.05, 0) is 24.3 Å². The van der Waals surface area contributed by atoms with E-state index >= 15 is 0 Å². The smallest absolute Gasteiger partial charge is 0.276 e. The Morgan fingerprint density at radius 3 is 2.35 bits per heavy atom. The van der Waals surface area contributed by atoms with Crippen LogP contribution >= 0.6 is 0 Å². The quantitative estimate of drug-likeness (QED) is 0.799. The minimum Gasteiger partial charge on any atom is -0.507 e. The fourth-order valence-corrected chi connectivity index (χ4v) is 1.38. The predicted molar refractivity (Wildman–Crippen MR) is 66.5 cm³/mol. The summed E-state index contributed by atoms with van der Waals surface area (Å²) in [7, 11) is 0. The Morgan fingerprint density at radius 2 is 1.65 bits per heavy atom. The summed E-state index contributed by atoms with van der Waals surface area (Å²) >= 11 is 0. The van der Waals surface area contributed by atoms with Crippen LogP contribution < -0.4 is 0 Å². The highest BCUT2D eigenvalue weighted by Gasteiger charge is 2.01. The molecule has 1 N–H and O–H groups in total. The van der Waals surface area contributed by atoms with Crippen LogP contribution in [0.15, 0.2) is 59.6 Å². The number of amides is 1. The molecule has 0 spiro atoms. The van der Waals surface area contributed by atoms with E-state index in [9.17, 15) is 9.90 Å². The Morgan fingerprint density at radius 1 is 1.00 bits per heavy atom. The molecule has 0 bridgehead atoms. The van der Waals surface area contributed by atoms with Crippen LogP contribution in [0.5, 0.6) is 5.75 Å². The highest BCUT2D eigenvalue weighted by molar-refractivity contribution is 6.02. The predicted octanol–water partition coefficient (Wildman–Crippen LogP) is 2.65. The number of rotatable bonds is 2. The topological polar surface area (TPSA) is 49.7 Å². The first-order chi connectivity index (χ1) is 8.27. The van der Waals surface area contributed by atoms with Crippen molar-refractivity contribution in [1.82, 2.24) is 0 Å². The molecule has 0 aliphatic rings. The lowest BCUT2D eigenvalue weighted by Crippen LogP contribution is -1.95. The zero-order valence-corrected chi connectivity index (χ0v) is 9.08. The van der Waals surface area contributed by atoms with Gasteiger partial charge in [0.25, 0.3) is 5.91 Å².